The van der Waals surface area contributed by atoms with Crippen molar-refractivity contribution in [3.63, 3.8) is 0 Å². The number of benzene rings is 1. The molecule has 2 N–H and O–H groups in total. The smallest absolute Gasteiger partial charge is 0.325 e. The number of hydrogen-bond acceptors (Lipinski definition) is 7. The summed E-state index contributed by atoms with van der Waals surface area (Å²) in [4.78, 5) is 37.6. The van der Waals surface area contributed by atoms with Gasteiger partial charge in [-0.05, 0) is 146 Å². The maximum absolute atomic E-state index is 12.9. The van der Waals surface area contributed by atoms with Gasteiger partial charge < -0.3 is 15.3 Å². The van der Waals surface area contributed by atoms with Crippen molar-refractivity contribution in [3.05, 3.63) is 41.0 Å². The van der Waals surface area contributed by atoms with Crippen LogP contribution in [0.15, 0.2) is 17.4 Å². The van der Waals surface area contributed by atoms with Crippen LogP contribution in [0.5, 0.6) is 0 Å². The fourth-order valence-electron chi connectivity index (χ4n) is 8.03. The van der Waals surface area contributed by atoms with E-state index in [-0.39, 0.29) is 11.3 Å². The van der Waals surface area contributed by atoms with E-state index in [0.29, 0.717) is 35.2 Å². The summed E-state index contributed by atoms with van der Waals surface area (Å²) in [6.07, 6.45) is 8.04. The van der Waals surface area contributed by atoms with Crippen molar-refractivity contribution in [1.29, 1.82) is 0 Å². The first kappa shape index (κ1) is 31.1. The number of amides is 1. The summed E-state index contributed by atoms with van der Waals surface area (Å²) in [6, 6.07) is 1.61. The molecule has 1 heterocycles. The van der Waals surface area contributed by atoms with Crippen LogP contribution >= 0.6 is 56.5 Å². The molecule has 0 saturated heterocycles. The van der Waals surface area contributed by atoms with Crippen LogP contribution in [0.25, 0.3) is 0 Å². The number of nitrogens with zero attached hydrogens (tertiary/aromatic N) is 3. The largest absolute Gasteiger partial charge is 0.480 e. The first-order valence-corrected chi connectivity index (χ1v) is 17.2. The molecule has 2 aromatic rings. The fraction of sp³-hybridized carbons (Fsp3) is 0.600. The Morgan fingerprint density at radius 1 is 1.34 bits per heavy atom. The van der Waals surface area contributed by atoms with Gasteiger partial charge in [-0.1, -0.05) is 12.1 Å². The molecule has 2 fully saturated rings. The zero-order valence-electron chi connectivity index (χ0n) is 24.2. The highest BCUT2D eigenvalue weighted by Crippen LogP contribution is 2.63. The van der Waals surface area contributed by atoms with Crippen molar-refractivity contribution in [1.82, 2.24) is 9.88 Å². The highest BCUT2D eigenvalue weighted by Gasteiger charge is 2.58. The van der Waals surface area contributed by atoms with Gasteiger partial charge in [-0.3, -0.25) is 14.5 Å². The molecule has 0 aliphatic heterocycles. The van der Waals surface area contributed by atoms with E-state index in [1.165, 1.54) is 22.5 Å². The normalized spacial score (nSPS) is 28.6. The number of rotatable bonds is 8. The van der Waals surface area contributed by atoms with Crippen molar-refractivity contribution in [2.45, 2.75) is 70.8 Å². The Balaban J connectivity index is 1.44. The molecule has 3 aliphatic carbocycles. The van der Waals surface area contributed by atoms with Crippen LogP contribution < -0.4 is 5.32 Å². The maximum atomic E-state index is 12.9. The van der Waals surface area contributed by atoms with Crippen molar-refractivity contribution in [3.8, 4) is 0 Å². The van der Waals surface area contributed by atoms with E-state index >= 15 is 0 Å². The minimum Gasteiger partial charge on any atom is -0.480 e. The second-order valence-electron chi connectivity index (χ2n) is 12.2. The topological polar surface area (TPSA) is 104 Å². The van der Waals surface area contributed by atoms with Gasteiger partial charge in [0.15, 0.2) is 5.13 Å². The Labute approximate surface area is 273 Å². The van der Waals surface area contributed by atoms with Crippen molar-refractivity contribution in [2.75, 3.05) is 26.5 Å². The lowest BCUT2D eigenvalue weighted by atomic mass is 9.54. The molecule has 5 rings (SSSR count). The number of nitrogens with one attached hydrogen (secondary N) is 1. The molecule has 2 saturated carbocycles. The minimum atomic E-state index is -0.819. The van der Waals surface area contributed by atoms with E-state index in [1.807, 2.05) is 21.0 Å². The van der Waals surface area contributed by atoms with Crippen LogP contribution in [0.2, 0.25) is 0 Å². The van der Waals surface area contributed by atoms with E-state index in [4.69, 9.17) is 4.84 Å². The number of fused-ring (bicyclic) bond motifs is 5. The summed E-state index contributed by atoms with van der Waals surface area (Å²) >= 11 is 6.24. The predicted octanol–water partition coefficient (Wildman–Crippen LogP) is 6.85. The van der Waals surface area contributed by atoms with Gasteiger partial charge in [0.1, 0.15) is 13.2 Å². The SMILES string of the molecule is CO/N=C1\C[C@@H](CCC(=O)Nc2ncc(C)s2)C2C3CCc4c(cc(I)c(C(C(=O)O)N(C)C)c4I)C3CC[C@]12C. The number of carboxylic acids is 1. The molecular weight excluding hydrogens is 766 g/mol. The molecule has 1 amide bonds. The number of hydrogen-bond donors (Lipinski definition) is 2. The van der Waals surface area contributed by atoms with Crippen molar-refractivity contribution in [2.24, 2.45) is 28.3 Å². The molecule has 11 heteroatoms. The predicted molar refractivity (Wildman–Crippen MR) is 179 cm³/mol. The lowest BCUT2D eigenvalue weighted by Crippen LogP contribution is -2.44. The molecule has 4 unspecified atom stereocenters. The average Bonchev–Trinajstić information content (AvgIpc) is 3.44. The monoisotopic (exact) mass is 804 g/mol. The Morgan fingerprint density at radius 3 is 2.73 bits per heavy atom. The van der Waals surface area contributed by atoms with Gasteiger partial charge in [0.05, 0.1) is 5.71 Å². The van der Waals surface area contributed by atoms with Gasteiger partial charge in [0.2, 0.25) is 5.91 Å². The number of thiazole rings is 1. The Morgan fingerprint density at radius 2 is 2.10 bits per heavy atom. The van der Waals surface area contributed by atoms with Gasteiger partial charge in [0.25, 0.3) is 0 Å². The van der Waals surface area contributed by atoms with Gasteiger partial charge in [-0.15, -0.1) is 11.3 Å². The summed E-state index contributed by atoms with van der Waals surface area (Å²) < 4.78 is 2.13. The lowest BCUT2D eigenvalue weighted by Gasteiger charge is -2.50. The fourth-order valence-corrected chi connectivity index (χ4v) is 11.3. The highest BCUT2D eigenvalue weighted by molar-refractivity contribution is 14.1. The summed E-state index contributed by atoms with van der Waals surface area (Å²) in [5, 5.41) is 18.2. The number of aryl methyl sites for hydroxylation is 1. The van der Waals surface area contributed by atoms with E-state index in [9.17, 15) is 14.7 Å². The molecule has 222 valence electrons. The first-order valence-electron chi connectivity index (χ1n) is 14.2. The molecule has 41 heavy (non-hydrogen) atoms. The van der Waals surface area contributed by atoms with Crippen molar-refractivity contribution >= 4 is 79.2 Å². The van der Waals surface area contributed by atoms with E-state index in [1.54, 1.807) is 18.2 Å². The van der Waals surface area contributed by atoms with Crippen LogP contribution in [0.3, 0.4) is 0 Å². The number of aliphatic carboxylic acids is 1. The van der Waals surface area contributed by atoms with Crippen LogP contribution in [0, 0.1) is 37.2 Å². The van der Waals surface area contributed by atoms with Crippen LogP contribution in [0.1, 0.15) is 79.0 Å². The lowest BCUT2D eigenvalue weighted by molar-refractivity contribution is -0.142. The van der Waals surface area contributed by atoms with Gasteiger partial charge in [-0.25, -0.2) is 4.98 Å². The number of carbonyl (C=O) groups is 2. The van der Waals surface area contributed by atoms with Gasteiger partial charge in [0, 0.05) is 35.6 Å². The van der Waals surface area contributed by atoms with Crippen LogP contribution in [-0.2, 0) is 20.8 Å². The van der Waals surface area contributed by atoms with E-state index < -0.39 is 12.0 Å². The van der Waals surface area contributed by atoms with Crippen LogP contribution in [-0.4, -0.2) is 53.8 Å². The third-order valence-electron chi connectivity index (χ3n) is 9.66. The molecule has 1 aromatic heterocycles. The van der Waals surface area contributed by atoms with Crippen LogP contribution in [0.4, 0.5) is 5.13 Å². The third kappa shape index (κ3) is 5.81. The number of aromatic nitrogens is 1. The number of oxime groups is 1. The maximum Gasteiger partial charge on any atom is 0.325 e. The standard InChI is InChI=1S/C30H38I2N4O4S/c1-15-14-33-29(41-15)34-23(37)9-6-16-12-22(35-40-5)30(2)11-10-17-18(25(16)30)7-8-19-20(17)13-21(31)24(26(19)32)27(28(38)39)36(3)4/h13-14,16-18,25,27H,6-12H2,1-5H3,(H,38,39)(H,33,34,37)/b35-22+/t16-,17?,18?,25?,27?,30-/m1/s1. The first-order chi connectivity index (χ1) is 19.5. The number of carbonyl (C=O) groups excluding carboxylic acids is 1. The molecular formula is C30H38I2N4O4S. The second kappa shape index (κ2) is 12.4. The molecule has 8 nitrogen and oxygen atoms in total. The molecule has 1 aromatic carbocycles. The molecule has 0 spiro atoms. The minimum absolute atomic E-state index is 0.0186. The second-order valence-corrected chi connectivity index (χ2v) is 15.7. The number of likely N-dealkylation sites (N-methyl/N-ethyl adjacent to an activating group) is 1. The number of anilines is 1. The Hall–Kier alpha value is -1.32. The quantitative estimate of drug-likeness (QED) is 0.224. The Bertz CT molecular complexity index is 1380. The number of carboxylic acid groups (broad SMARTS) is 1. The van der Waals surface area contributed by atoms with Crippen molar-refractivity contribution < 1.29 is 19.5 Å². The number of halogens is 2. The Kier molecular flexibility index (Phi) is 9.37. The highest BCUT2D eigenvalue weighted by atomic mass is 127. The van der Waals surface area contributed by atoms with E-state index in [2.05, 4.69) is 73.6 Å². The van der Waals surface area contributed by atoms with E-state index in [0.717, 1.165) is 61.8 Å². The molecule has 0 bridgehead atoms. The zero-order chi connectivity index (χ0) is 29.6. The summed E-state index contributed by atoms with van der Waals surface area (Å²) in [7, 11) is 5.30. The summed E-state index contributed by atoms with van der Waals surface area (Å²) in [6.45, 7) is 4.35. The average molecular weight is 805 g/mol. The summed E-state index contributed by atoms with van der Waals surface area (Å²) in [5.74, 6) is 0.885. The third-order valence-corrected chi connectivity index (χ3v) is 12.6. The molecule has 3 aliphatic rings. The zero-order valence-corrected chi connectivity index (χ0v) is 29.3. The molecule has 6 atom stereocenters. The van der Waals surface area contributed by atoms with Gasteiger partial charge >= 0.3 is 5.97 Å². The molecule has 0 radical (unpaired) electrons. The summed E-state index contributed by atoms with van der Waals surface area (Å²) in [5.41, 5.74) is 4.75. The van der Waals surface area contributed by atoms with Gasteiger partial charge in [-0.2, -0.15) is 0 Å².